The maximum atomic E-state index is 3.78. The van der Waals surface area contributed by atoms with Crippen molar-refractivity contribution in [3.8, 4) is 0 Å². The van der Waals surface area contributed by atoms with Crippen molar-refractivity contribution in [1.29, 1.82) is 0 Å². The quantitative estimate of drug-likeness (QED) is 0.595. The summed E-state index contributed by atoms with van der Waals surface area (Å²) in [6, 6.07) is 6.63. The Hall–Kier alpha value is -0.300. The molecule has 0 spiro atoms. The molecule has 0 bridgehead atoms. The first-order valence-electron chi connectivity index (χ1n) is 4.86. The van der Waals surface area contributed by atoms with Crippen molar-refractivity contribution in [3.05, 3.63) is 34.9 Å². The van der Waals surface area contributed by atoms with Gasteiger partial charge in [0.25, 0.3) is 0 Å². The number of hydrogen-bond acceptors (Lipinski definition) is 0. The highest BCUT2D eigenvalue weighted by Crippen LogP contribution is 2.50. The molecule has 0 aliphatic heterocycles. The average molecular weight is 239 g/mol. The van der Waals surface area contributed by atoms with Gasteiger partial charge in [0.1, 0.15) is 0 Å². The Morgan fingerprint density at radius 3 is 2.54 bits per heavy atom. The summed E-state index contributed by atoms with van der Waals surface area (Å²) in [6.07, 6.45) is 0. The second-order valence-electron chi connectivity index (χ2n) is 4.13. The predicted molar refractivity (Wildman–Crippen MR) is 60.4 cm³/mol. The molecule has 0 heterocycles. The summed E-state index contributed by atoms with van der Waals surface area (Å²) in [5.41, 5.74) is 4.51. The number of halogens is 1. The Bertz CT molecular complexity index is 330. The van der Waals surface area contributed by atoms with Gasteiger partial charge in [-0.05, 0) is 35.4 Å². The van der Waals surface area contributed by atoms with Crippen LogP contribution in [0.3, 0.4) is 0 Å². The monoisotopic (exact) mass is 238 g/mol. The Kier molecular flexibility index (Phi) is 2.23. The van der Waals surface area contributed by atoms with E-state index in [1.807, 2.05) is 0 Å². The molecule has 1 aromatic carbocycles. The molecular weight excluding hydrogens is 224 g/mol. The Balaban J connectivity index is 2.60. The van der Waals surface area contributed by atoms with Crippen LogP contribution in [0.2, 0.25) is 0 Å². The maximum Gasteiger partial charge on any atom is 0.0429 e. The van der Waals surface area contributed by atoms with Crippen molar-refractivity contribution in [1.82, 2.24) is 0 Å². The lowest BCUT2D eigenvalue weighted by atomic mass is 9.94. The molecule has 2 rings (SSSR count). The number of benzene rings is 1. The number of alkyl halides is 1. The number of rotatable bonds is 0. The van der Waals surface area contributed by atoms with Crippen LogP contribution in [0.15, 0.2) is 18.2 Å². The van der Waals surface area contributed by atoms with Crippen LogP contribution in [0.5, 0.6) is 0 Å². The minimum absolute atomic E-state index is 0.553. The molecule has 70 valence electrons. The van der Waals surface area contributed by atoms with E-state index in [0.717, 1.165) is 5.92 Å². The van der Waals surface area contributed by atoms with E-state index in [0.29, 0.717) is 10.7 Å². The normalized spacial score (nSPS) is 31.8. The van der Waals surface area contributed by atoms with Gasteiger partial charge in [0.15, 0.2) is 0 Å². The van der Waals surface area contributed by atoms with E-state index in [4.69, 9.17) is 0 Å². The highest BCUT2D eigenvalue weighted by atomic mass is 79.9. The van der Waals surface area contributed by atoms with Crippen LogP contribution in [0.25, 0.3) is 0 Å². The van der Waals surface area contributed by atoms with Crippen LogP contribution in [0, 0.1) is 12.8 Å². The Morgan fingerprint density at radius 1 is 1.23 bits per heavy atom. The molecule has 1 aliphatic carbocycles. The third kappa shape index (κ3) is 1.25. The van der Waals surface area contributed by atoms with Gasteiger partial charge in [-0.3, -0.25) is 0 Å². The van der Waals surface area contributed by atoms with Crippen molar-refractivity contribution >= 4 is 15.9 Å². The molecular formula is C12H15Br. The summed E-state index contributed by atoms with van der Waals surface area (Å²) in [5, 5.41) is 0. The van der Waals surface area contributed by atoms with E-state index in [2.05, 4.69) is 54.9 Å². The molecule has 3 atom stereocenters. The number of fused-ring (bicyclic) bond motifs is 1. The fourth-order valence-electron chi connectivity index (χ4n) is 2.37. The zero-order valence-corrected chi connectivity index (χ0v) is 9.93. The molecule has 0 saturated carbocycles. The van der Waals surface area contributed by atoms with E-state index in [9.17, 15) is 0 Å². The fraction of sp³-hybridized carbons (Fsp3) is 0.500. The predicted octanol–water partition coefficient (Wildman–Crippen LogP) is 4.18. The molecule has 3 unspecified atom stereocenters. The van der Waals surface area contributed by atoms with Crippen molar-refractivity contribution in [2.45, 2.75) is 31.5 Å². The van der Waals surface area contributed by atoms with Gasteiger partial charge < -0.3 is 0 Å². The topological polar surface area (TPSA) is 0 Å². The molecule has 13 heavy (non-hydrogen) atoms. The fourth-order valence-corrected chi connectivity index (χ4v) is 3.22. The van der Waals surface area contributed by atoms with Crippen molar-refractivity contribution in [3.63, 3.8) is 0 Å². The summed E-state index contributed by atoms with van der Waals surface area (Å²) in [6.45, 7) is 6.87. The SMILES string of the molecule is Cc1cccc2c1C(C)C(C)C2Br. The molecule has 0 radical (unpaired) electrons. The van der Waals surface area contributed by atoms with Crippen molar-refractivity contribution < 1.29 is 0 Å². The molecule has 0 amide bonds. The van der Waals surface area contributed by atoms with Gasteiger partial charge in [-0.25, -0.2) is 0 Å². The van der Waals surface area contributed by atoms with Gasteiger partial charge in [-0.2, -0.15) is 0 Å². The van der Waals surface area contributed by atoms with Crippen LogP contribution in [-0.2, 0) is 0 Å². The van der Waals surface area contributed by atoms with E-state index in [1.165, 1.54) is 11.1 Å². The highest BCUT2D eigenvalue weighted by molar-refractivity contribution is 9.09. The first-order chi connectivity index (χ1) is 6.13. The largest absolute Gasteiger partial charge is 0.0836 e. The number of hydrogen-bond donors (Lipinski definition) is 0. The minimum atomic E-state index is 0.553. The Labute approximate surface area is 88.5 Å². The highest BCUT2D eigenvalue weighted by Gasteiger charge is 2.34. The summed E-state index contributed by atoms with van der Waals surface area (Å²) in [4.78, 5) is 0.553. The smallest absolute Gasteiger partial charge is 0.0429 e. The average Bonchev–Trinajstić information content (AvgIpc) is 2.33. The number of aryl methyl sites for hydroxylation is 1. The zero-order chi connectivity index (χ0) is 9.59. The third-order valence-corrected chi connectivity index (χ3v) is 4.69. The molecule has 1 aromatic rings. The van der Waals surface area contributed by atoms with Gasteiger partial charge in [0.2, 0.25) is 0 Å². The third-order valence-electron chi connectivity index (χ3n) is 3.36. The van der Waals surface area contributed by atoms with E-state index < -0.39 is 0 Å². The summed E-state index contributed by atoms with van der Waals surface area (Å²) >= 11 is 3.78. The van der Waals surface area contributed by atoms with Gasteiger partial charge in [0, 0.05) is 4.83 Å². The molecule has 1 aliphatic rings. The molecule has 0 saturated heterocycles. The van der Waals surface area contributed by atoms with Crippen LogP contribution in [-0.4, -0.2) is 0 Å². The van der Waals surface area contributed by atoms with E-state index >= 15 is 0 Å². The molecule has 0 nitrogen and oxygen atoms in total. The molecule has 0 aromatic heterocycles. The van der Waals surface area contributed by atoms with Crippen LogP contribution in [0.1, 0.15) is 41.3 Å². The lowest BCUT2D eigenvalue weighted by Crippen LogP contribution is -2.00. The summed E-state index contributed by atoms with van der Waals surface area (Å²) in [7, 11) is 0. The van der Waals surface area contributed by atoms with E-state index in [1.54, 1.807) is 5.56 Å². The second-order valence-corrected chi connectivity index (χ2v) is 5.11. The summed E-state index contributed by atoms with van der Waals surface area (Å²) < 4.78 is 0. The first-order valence-corrected chi connectivity index (χ1v) is 5.78. The lowest BCUT2D eigenvalue weighted by molar-refractivity contribution is 0.527. The first kappa shape index (κ1) is 9.26. The summed E-state index contributed by atoms with van der Waals surface area (Å²) in [5.74, 6) is 1.41. The van der Waals surface area contributed by atoms with E-state index in [-0.39, 0.29) is 0 Å². The zero-order valence-electron chi connectivity index (χ0n) is 8.34. The molecule has 1 heteroatoms. The lowest BCUT2D eigenvalue weighted by Gasteiger charge is -2.12. The minimum Gasteiger partial charge on any atom is -0.0836 e. The van der Waals surface area contributed by atoms with Crippen molar-refractivity contribution in [2.24, 2.45) is 5.92 Å². The van der Waals surface area contributed by atoms with Crippen LogP contribution in [0.4, 0.5) is 0 Å². The Morgan fingerprint density at radius 2 is 1.92 bits per heavy atom. The standard InChI is InChI=1S/C12H15Br/c1-7-5-4-6-10-11(7)8(2)9(3)12(10)13/h4-6,8-9,12H,1-3H3. The maximum absolute atomic E-state index is 3.78. The molecule has 0 fully saturated rings. The second kappa shape index (κ2) is 3.13. The van der Waals surface area contributed by atoms with Crippen molar-refractivity contribution in [2.75, 3.05) is 0 Å². The van der Waals surface area contributed by atoms with Gasteiger partial charge in [-0.1, -0.05) is 48.0 Å². The van der Waals surface area contributed by atoms with Crippen LogP contribution >= 0.6 is 15.9 Å². The van der Waals surface area contributed by atoms with Gasteiger partial charge >= 0.3 is 0 Å². The van der Waals surface area contributed by atoms with Gasteiger partial charge in [-0.15, -0.1) is 0 Å². The molecule has 0 N–H and O–H groups in total. The van der Waals surface area contributed by atoms with Gasteiger partial charge in [0.05, 0.1) is 0 Å². The van der Waals surface area contributed by atoms with Crippen LogP contribution < -0.4 is 0 Å².